The number of nitriles is 1. The standard InChI is InChI=1S/C16H17NO/c1-12-3-4-14(7-12)10-18-11-15-5-6-16(9-17)13(2)8-15/h3-8,12H,10-11H2,1-2H3. The zero-order valence-corrected chi connectivity index (χ0v) is 10.8. The lowest BCUT2D eigenvalue weighted by molar-refractivity contribution is 0.144. The number of allylic oxidation sites excluding steroid dienone is 2. The lowest BCUT2D eigenvalue weighted by Crippen LogP contribution is -1.97. The Kier molecular flexibility index (Phi) is 3.96. The van der Waals surface area contributed by atoms with Crippen molar-refractivity contribution in [3.05, 3.63) is 58.7 Å². The summed E-state index contributed by atoms with van der Waals surface area (Å²) in [6.07, 6.45) is 6.50. The first-order valence-corrected chi connectivity index (χ1v) is 6.15. The zero-order valence-electron chi connectivity index (χ0n) is 10.8. The van der Waals surface area contributed by atoms with Crippen LogP contribution in [0.5, 0.6) is 0 Å². The van der Waals surface area contributed by atoms with Gasteiger partial charge in [-0.2, -0.15) is 5.26 Å². The number of rotatable bonds is 4. The summed E-state index contributed by atoms with van der Waals surface area (Å²) >= 11 is 0. The molecule has 1 unspecified atom stereocenters. The average molecular weight is 239 g/mol. The van der Waals surface area contributed by atoms with Gasteiger partial charge >= 0.3 is 0 Å². The minimum absolute atomic E-state index is 0.528. The maximum absolute atomic E-state index is 8.86. The van der Waals surface area contributed by atoms with Crippen molar-refractivity contribution in [3.63, 3.8) is 0 Å². The molecule has 0 radical (unpaired) electrons. The fraction of sp³-hybridized carbons (Fsp3) is 0.312. The van der Waals surface area contributed by atoms with Crippen LogP contribution >= 0.6 is 0 Å². The molecule has 18 heavy (non-hydrogen) atoms. The summed E-state index contributed by atoms with van der Waals surface area (Å²) in [6.45, 7) is 5.35. The number of hydrogen-bond acceptors (Lipinski definition) is 2. The molecule has 0 amide bonds. The summed E-state index contributed by atoms with van der Waals surface area (Å²) in [4.78, 5) is 0. The first kappa shape index (κ1) is 12.6. The molecule has 0 saturated carbocycles. The third kappa shape index (κ3) is 3.09. The maximum Gasteiger partial charge on any atom is 0.0994 e. The van der Waals surface area contributed by atoms with Gasteiger partial charge in [-0.05, 0) is 35.6 Å². The SMILES string of the molecule is Cc1cc(COCC2=CC(C)C=C2)ccc1C#N. The van der Waals surface area contributed by atoms with Crippen LogP contribution in [0.15, 0.2) is 42.0 Å². The third-order valence-corrected chi connectivity index (χ3v) is 3.04. The molecule has 0 fully saturated rings. The van der Waals surface area contributed by atoms with Crippen molar-refractivity contribution in [2.24, 2.45) is 5.92 Å². The smallest absolute Gasteiger partial charge is 0.0994 e. The molecule has 0 spiro atoms. The van der Waals surface area contributed by atoms with Gasteiger partial charge in [-0.25, -0.2) is 0 Å². The Bertz CT molecular complexity index is 535. The molecule has 0 saturated heterocycles. The van der Waals surface area contributed by atoms with Gasteiger partial charge in [0.05, 0.1) is 24.8 Å². The van der Waals surface area contributed by atoms with Crippen LogP contribution in [0.25, 0.3) is 0 Å². The molecular formula is C16H17NO. The second kappa shape index (κ2) is 5.66. The molecule has 0 aromatic heterocycles. The van der Waals surface area contributed by atoms with Crippen molar-refractivity contribution < 1.29 is 4.74 Å². The van der Waals surface area contributed by atoms with Crippen LogP contribution in [0.3, 0.4) is 0 Å². The minimum Gasteiger partial charge on any atom is -0.372 e. The Balaban J connectivity index is 1.88. The van der Waals surface area contributed by atoms with Crippen LogP contribution in [-0.4, -0.2) is 6.61 Å². The second-order valence-electron chi connectivity index (χ2n) is 4.71. The summed E-state index contributed by atoms with van der Waals surface area (Å²) < 4.78 is 5.68. The topological polar surface area (TPSA) is 33.0 Å². The predicted molar refractivity (Wildman–Crippen MR) is 71.9 cm³/mol. The van der Waals surface area contributed by atoms with Crippen LogP contribution in [0.1, 0.15) is 23.6 Å². The molecule has 0 N–H and O–H groups in total. The molecule has 2 heteroatoms. The summed E-state index contributed by atoms with van der Waals surface area (Å²) in [6, 6.07) is 7.99. The van der Waals surface area contributed by atoms with Crippen molar-refractivity contribution in [1.29, 1.82) is 5.26 Å². The first-order chi connectivity index (χ1) is 8.69. The van der Waals surface area contributed by atoms with Crippen LogP contribution in [0.2, 0.25) is 0 Å². The first-order valence-electron chi connectivity index (χ1n) is 6.15. The van der Waals surface area contributed by atoms with Crippen LogP contribution < -0.4 is 0 Å². The van der Waals surface area contributed by atoms with Crippen LogP contribution in [-0.2, 0) is 11.3 Å². The van der Waals surface area contributed by atoms with Crippen molar-refractivity contribution in [2.45, 2.75) is 20.5 Å². The Morgan fingerprint density at radius 1 is 1.33 bits per heavy atom. The van der Waals surface area contributed by atoms with Gasteiger partial charge in [0.1, 0.15) is 0 Å². The van der Waals surface area contributed by atoms with Gasteiger partial charge in [0.2, 0.25) is 0 Å². The summed E-state index contributed by atoms with van der Waals surface area (Å²) in [7, 11) is 0. The van der Waals surface area contributed by atoms with E-state index in [1.165, 1.54) is 5.57 Å². The molecule has 1 atom stereocenters. The summed E-state index contributed by atoms with van der Waals surface area (Å²) in [5, 5.41) is 8.86. The summed E-state index contributed by atoms with van der Waals surface area (Å²) in [5.74, 6) is 0.528. The van der Waals surface area contributed by atoms with Gasteiger partial charge in [0.15, 0.2) is 0 Å². The minimum atomic E-state index is 0.528. The number of aryl methyl sites for hydroxylation is 1. The highest BCUT2D eigenvalue weighted by molar-refractivity contribution is 5.39. The molecule has 2 rings (SSSR count). The quantitative estimate of drug-likeness (QED) is 0.805. The largest absolute Gasteiger partial charge is 0.372 e. The van der Waals surface area contributed by atoms with E-state index in [2.05, 4.69) is 31.2 Å². The second-order valence-corrected chi connectivity index (χ2v) is 4.71. The molecule has 0 heterocycles. The number of nitrogens with zero attached hydrogens (tertiary/aromatic N) is 1. The van der Waals surface area contributed by atoms with E-state index in [1.807, 2.05) is 25.1 Å². The van der Waals surface area contributed by atoms with E-state index < -0.39 is 0 Å². The van der Waals surface area contributed by atoms with Crippen LogP contribution in [0.4, 0.5) is 0 Å². The maximum atomic E-state index is 8.86. The Morgan fingerprint density at radius 3 is 2.78 bits per heavy atom. The number of ether oxygens (including phenoxy) is 1. The molecule has 1 aromatic rings. The van der Waals surface area contributed by atoms with E-state index in [0.717, 1.165) is 16.7 Å². The van der Waals surface area contributed by atoms with E-state index in [0.29, 0.717) is 19.1 Å². The van der Waals surface area contributed by atoms with Gasteiger partial charge < -0.3 is 4.74 Å². The van der Waals surface area contributed by atoms with E-state index in [4.69, 9.17) is 10.00 Å². The van der Waals surface area contributed by atoms with Crippen molar-refractivity contribution >= 4 is 0 Å². The lowest BCUT2D eigenvalue weighted by atomic mass is 10.1. The Morgan fingerprint density at radius 2 is 2.17 bits per heavy atom. The van der Waals surface area contributed by atoms with Crippen molar-refractivity contribution in [1.82, 2.24) is 0 Å². The summed E-state index contributed by atoms with van der Waals surface area (Å²) in [5.41, 5.74) is 4.09. The highest BCUT2D eigenvalue weighted by Gasteiger charge is 2.05. The van der Waals surface area contributed by atoms with Crippen LogP contribution in [0, 0.1) is 24.2 Å². The predicted octanol–water partition coefficient (Wildman–Crippen LogP) is 3.52. The molecule has 2 nitrogen and oxygen atoms in total. The monoisotopic (exact) mass is 239 g/mol. The van der Waals surface area contributed by atoms with Gasteiger partial charge in [0.25, 0.3) is 0 Å². The Labute approximate surface area is 108 Å². The van der Waals surface area contributed by atoms with Crippen molar-refractivity contribution in [2.75, 3.05) is 6.61 Å². The van der Waals surface area contributed by atoms with E-state index >= 15 is 0 Å². The normalized spacial score (nSPS) is 17.6. The Hall–Kier alpha value is -1.85. The third-order valence-electron chi connectivity index (χ3n) is 3.04. The molecule has 1 aliphatic carbocycles. The fourth-order valence-corrected chi connectivity index (χ4v) is 2.05. The highest BCUT2D eigenvalue weighted by atomic mass is 16.5. The number of hydrogen-bond donors (Lipinski definition) is 0. The molecule has 0 aliphatic heterocycles. The van der Waals surface area contributed by atoms with E-state index in [1.54, 1.807) is 0 Å². The van der Waals surface area contributed by atoms with Gasteiger partial charge in [-0.3, -0.25) is 0 Å². The van der Waals surface area contributed by atoms with E-state index in [-0.39, 0.29) is 0 Å². The van der Waals surface area contributed by atoms with Gasteiger partial charge in [-0.15, -0.1) is 0 Å². The van der Waals surface area contributed by atoms with Crippen molar-refractivity contribution in [3.8, 4) is 6.07 Å². The highest BCUT2D eigenvalue weighted by Crippen LogP contribution is 2.16. The molecular weight excluding hydrogens is 222 g/mol. The lowest BCUT2D eigenvalue weighted by Gasteiger charge is -2.06. The van der Waals surface area contributed by atoms with Gasteiger partial charge in [0, 0.05) is 0 Å². The molecule has 1 aliphatic rings. The molecule has 1 aromatic carbocycles. The average Bonchev–Trinajstić information content (AvgIpc) is 2.75. The zero-order chi connectivity index (χ0) is 13.0. The fourth-order valence-electron chi connectivity index (χ4n) is 2.05. The molecule has 92 valence electrons. The van der Waals surface area contributed by atoms with E-state index in [9.17, 15) is 0 Å². The van der Waals surface area contributed by atoms with Gasteiger partial charge in [-0.1, -0.05) is 37.3 Å². The molecule has 0 bridgehead atoms. The number of benzene rings is 1.